The molecule has 0 unspecified atom stereocenters. The minimum absolute atomic E-state index is 0.305. The van der Waals surface area contributed by atoms with Gasteiger partial charge in [-0.05, 0) is 13.0 Å². The molecule has 0 bridgehead atoms. The number of H-pyrrole nitrogens is 1. The van der Waals surface area contributed by atoms with Crippen LogP contribution in [-0.4, -0.2) is 36.4 Å². The van der Waals surface area contributed by atoms with Crippen molar-refractivity contribution in [2.24, 2.45) is 0 Å². The second-order valence-corrected chi connectivity index (χ2v) is 3.53. The summed E-state index contributed by atoms with van der Waals surface area (Å²) in [5.41, 5.74) is -1.59. The van der Waals surface area contributed by atoms with Crippen LogP contribution in [-0.2, 0) is 11.3 Å². The van der Waals surface area contributed by atoms with Crippen LogP contribution in [0.5, 0.6) is 0 Å². The van der Waals surface area contributed by atoms with Crippen molar-refractivity contribution >= 4 is 0 Å². The van der Waals surface area contributed by atoms with Gasteiger partial charge in [-0.2, -0.15) is 4.39 Å². The fourth-order valence-electron chi connectivity index (χ4n) is 1.31. The molecule has 0 spiro atoms. The molecule has 2 N–H and O–H groups in total. The Balaban J connectivity index is 2.39. The van der Waals surface area contributed by atoms with E-state index >= 15 is 0 Å². The lowest BCUT2D eigenvalue weighted by Gasteiger charge is -2.06. The summed E-state index contributed by atoms with van der Waals surface area (Å²) in [5.74, 6) is -0.955. The highest BCUT2D eigenvalue weighted by Crippen LogP contribution is 1.84. The van der Waals surface area contributed by atoms with E-state index in [2.05, 4.69) is 5.32 Å². The molecule has 0 atom stereocenters. The van der Waals surface area contributed by atoms with Crippen LogP contribution in [0.4, 0.5) is 4.39 Å². The van der Waals surface area contributed by atoms with Gasteiger partial charge >= 0.3 is 5.69 Å². The fourth-order valence-corrected chi connectivity index (χ4v) is 1.31. The molecule has 0 radical (unpaired) electrons. The number of methoxy groups -OCH3 is 1. The van der Waals surface area contributed by atoms with Gasteiger partial charge in [0.25, 0.3) is 5.56 Å². The number of aromatic amines is 1. The monoisotopic (exact) mass is 245 g/mol. The second kappa shape index (κ2) is 6.97. The Morgan fingerprint density at radius 2 is 2.24 bits per heavy atom. The van der Waals surface area contributed by atoms with Gasteiger partial charge in [0.1, 0.15) is 0 Å². The third kappa shape index (κ3) is 4.49. The smallest absolute Gasteiger partial charge is 0.328 e. The van der Waals surface area contributed by atoms with Crippen molar-refractivity contribution in [3.63, 3.8) is 0 Å². The number of aromatic nitrogens is 2. The van der Waals surface area contributed by atoms with Crippen molar-refractivity contribution in [1.29, 1.82) is 0 Å². The van der Waals surface area contributed by atoms with Crippen LogP contribution in [0.2, 0.25) is 0 Å². The third-order valence-electron chi connectivity index (χ3n) is 2.20. The first-order chi connectivity index (χ1) is 8.15. The van der Waals surface area contributed by atoms with E-state index in [1.54, 1.807) is 7.11 Å². The van der Waals surface area contributed by atoms with E-state index < -0.39 is 17.1 Å². The molecule has 17 heavy (non-hydrogen) atoms. The molecule has 0 saturated heterocycles. The van der Waals surface area contributed by atoms with Crippen molar-refractivity contribution < 1.29 is 9.13 Å². The molecule has 1 aromatic rings. The second-order valence-electron chi connectivity index (χ2n) is 3.53. The topological polar surface area (TPSA) is 76.1 Å². The molecule has 6 nitrogen and oxygen atoms in total. The highest BCUT2D eigenvalue weighted by Gasteiger charge is 2.02. The van der Waals surface area contributed by atoms with Crippen LogP contribution < -0.4 is 16.6 Å². The van der Waals surface area contributed by atoms with Crippen molar-refractivity contribution in [2.45, 2.75) is 13.0 Å². The minimum atomic E-state index is -0.987. The Labute approximate surface area is 97.4 Å². The van der Waals surface area contributed by atoms with Gasteiger partial charge < -0.3 is 10.1 Å². The Bertz CT molecular complexity index is 455. The summed E-state index contributed by atoms with van der Waals surface area (Å²) >= 11 is 0. The van der Waals surface area contributed by atoms with E-state index in [1.165, 1.54) is 0 Å². The Hall–Kier alpha value is -1.47. The number of nitrogens with one attached hydrogen (secondary N) is 2. The van der Waals surface area contributed by atoms with Crippen LogP contribution >= 0.6 is 0 Å². The standard InChI is InChI=1S/C10H16FN3O3/c1-17-6-2-3-12-4-5-14-7-8(11)9(15)13-10(14)16/h7,12H,2-6H2,1H3,(H,13,15,16). The van der Waals surface area contributed by atoms with Gasteiger partial charge in [0.2, 0.25) is 5.82 Å². The van der Waals surface area contributed by atoms with Crippen LogP contribution in [0.15, 0.2) is 15.8 Å². The predicted octanol–water partition coefficient (Wildman–Crippen LogP) is -0.698. The summed E-state index contributed by atoms with van der Waals surface area (Å²) in [6.07, 6.45) is 1.78. The van der Waals surface area contributed by atoms with Crippen molar-refractivity contribution in [2.75, 3.05) is 26.8 Å². The van der Waals surface area contributed by atoms with Gasteiger partial charge in [0.05, 0.1) is 6.20 Å². The van der Waals surface area contributed by atoms with Crippen LogP contribution in [0.1, 0.15) is 6.42 Å². The number of halogens is 1. The highest BCUT2D eigenvalue weighted by molar-refractivity contribution is 4.87. The lowest BCUT2D eigenvalue weighted by Crippen LogP contribution is -2.34. The Morgan fingerprint density at radius 3 is 2.94 bits per heavy atom. The zero-order valence-electron chi connectivity index (χ0n) is 9.66. The Morgan fingerprint density at radius 1 is 1.47 bits per heavy atom. The summed E-state index contributed by atoms with van der Waals surface area (Å²) < 4.78 is 18.9. The summed E-state index contributed by atoms with van der Waals surface area (Å²) in [5, 5.41) is 3.08. The summed E-state index contributed by atoms with van der Waals surface area (Å²) in [7, 11) is 1.63. The van der Waals surface area contributed by atoms with Crippen LogP contribution in [0.3, 0.4) is 0 Å². The lowest BCUT2D eigenvalue weighted by atomic mass is 10.4. The third-order valence-corrected chi connectivity index (χ3v) is 2.20. The van der Waals surface area contributed by atoms with Gasteiger partial charge in [0.15, 0.2) is 0 Å². The summed E-state index contributed by atoms with van der Waals surface area (Å²) in [6, 6.07) is 0. The van der Waals surface area contributed by atoms with Crippen molar-refractivity contribution in [3.05, 3.63) is 32.9 Å². The molecule has 0 aliphatic heterocycles. The lowest BCUT2D eigenvalue weighted by molar-refractivity contribution is 0.194. The van der Waals surface area contributed by atoms with Gasteiger partial charge in [-0.15, -0.1) is 0 Å². The molecule has 0 aliphatic rings. The maximum absolute atomic E-state index is 12.9. The average Bonchev–Trinajstić information content (AvgIpc) is 2.30. The average molecular weight is 245 g/mol. The van der Waals surface area contributed by atoms with Gasteiger partial charge in [-0.25, -0.2) is 4.79 Å². The molecule has 0 saturated carbocycles. The predicted molar refractivity (Wildman–Crippen MR) is 60.6 cm³/mol. The number of hydrogen-bond donors (Lipinski definition) is 2. The van der Waals surface area contributed by atoms with Crippen molar-refractivity contribution in [3.8, 4) is 0 Å². The first kappa shape index (κ1) is 13.6. The molecular weight excluding hydrogens is 229 g/mol. The fraction of sp³-hybridized carbons (Fsp3) is 0.600. The van der Waals surface area contributed by atoms with Gasteiger partial charge in [-0.1, -0.05) is 0 Å². The molecule has 1 aromatic heterocycles. The number of rotatable bonds is 7. The first-order valence-electron chi connectivity index (χ1n) is 5.34. The summed E-state index contributed by atoms with van der Waals surface area (Å²) in [6.45, 7) is 2.25. The number of nitrogens with zero attached hydrogens (tertiary/aromatic N) is 1. The van der Waals surface area contributed by atoms with Crippen LogP contribution in [0, 0.1) is 5.82 Å². The first-order valence-corrected chi connectivity index (χ1v) is 5.34. The zero-order valence-corrected chi connectivity index (χ0v) is 9.66. The van der Waals surface area contributed by atoms with E-state index in [9.17, 15) is 14.0 Å². The molecule has 1 heterocycles. The molecule has 96 valence electrons. The van der Waals surface area contributed by atoms with E-state index in [0.717, 1.165) is 23.7 Å². The molecule has 0 aliphatic carbocycles. The van der Waals surface area contributed by atoms with E-state index in [1.807, 2.05) is 4.98 Å². The number of ether oxygens (including phenoxy) is 1. The van der Waals surface area contributed by atoms with E-state index in [0.29, 0.717) is 19.7 Å². The van der Waals surface area contributed by atoms with Gasteiger partial charge in [-0.3, -0.25) is 14.3 Å². The zero-order chi connectivity index (χ0) is 12.7. The Kier molecular flexibility index (Phi) is 5.58. The molecule has 7 heteroatoms. The largest absolute Gasteiger partial charge is 0.385 e. The maximum Gasteiger partial charge on any atom is 0.328 e. The molecule has 0 aromatic carbocycles. The number of hydrogen-bond acceptors (Lipinski definition) is 4. The van der Waals surface area contributed by atoms with E-state index in [4.69, 9.17) is 4.74 Å². The van der Waals surface area contributed by atoms with Crippen molar-refractivity contribution in [1.82, 2.24) is 14.9 Å². The molecule has 1 rings (SSSR count). The van der Waals surface area contributed by atoms with E-state index in [-0.39, 0.29) is 0 Å². The minimum Gasteiger partial charge on any atom is -0.385 e. The maximum atomic E-state index is 12.9. The van der Waals surface area contributed by atoms with Crippen LogP contribution in [0.25, 0.3) is 0 Å². The molecule has 0 fully saturated rings. The SMILES string of the molecule is COCCCNCCn1cc(F)c(=O)[nH]c1=O. The molecule has 0 amide bonds. The van der Waals surface area contributed by atoms with Gasteiger partial charge in [0, 0.05) is 26.8 Å². The quantitative estimate of drug-likeness (QED) is 0.623. The normalized spacial score (nSPS) is 10.7. The highest BCUT2D eigenvalue weighted by atomic mass is 19.1. The summed E-state index contributed by atoms with van der Waals surface area (Å²) in [4.78, 5) is 23.9. The molecular formula is C10H16FN3O3.